The maximum absolute atomic E-state index is 12.9. The van der Waals surface area contributed by atoms with Gasteiger partial charge in [-0.05, 0) is 48.6 Å². The van der Waals surface area contributed by atoms with E-state index >= 15 is 0 Å². The summed E-state index contributed by atoms with van der Waals surface area (Å²) in [6.45, 7) is 4.25. The van der Waals surface area contributed by atoms with Crippen molar-refractivity contribution in [2.45, 2.75) is 57.0 Å². The lowest BCUT2D eigenvalue weighted by Gasteiger charge is -2.31. The number of esters is 1. The van der Waals surface area contributed by atoms with E-state index in [9.17, 15) is 18.0 Å². The van der Waals surface area contributed by atoms with Crippen LogP contribution in [0.1, 0.15) is 66.9 Å². The number of alkyl halides is 4. The molecule has 6 heteroatoms. The van der Waals surface area contributed by atoms with Crippen molar-refractivity contribution in [3.63, 3.8) is 0 Å². The molecule has 0 atom stereocenters. The number of hydrogen-bond acceptors (Lipinski definition) is 2. The van der Waals surface area contributed by atoms with E-state index < -0.39 is 12.1 Å². The molecule has 25 heavy (non-hydrogen) atoms. The molecule has 0 aromatic heterocycles. The molecule has 0 spiro atoms. The normalized spacial score (nSPS) is 21.4. The van der Waals surface area contributed by atoms with Crippen LogP contribution in [0, 0.1) is 11.8 Å². The van der Waals surface area contributed by atoms with Crippen molar-refractivity contribution in [3.8, 4) is 0 Å². The van der Waals surface area contributed by atoms with Crippen molar-refractivity contribution >= 4 is 21.9 Å². The second-order valence-corrected chi connectivity index (χ2v) is 7.66. The molecule has 1 aromatic carbocycles. The molecule has 1 aliphatic carbocycles. The van der Waals surface area contributed by atoms with E-state index in [1.165, 1.54) is 0 Å². The Morgan fingerprint density at radius 3 is 2.40 bits per heavy atom. The van der Waals surface area contributed by atoms with Crippen LogP contribution in [-0.4, -0.2) is 18.8 Å². The molecule has 1 fully saturated rings. The summed E-state index contributed by atoms with van der Waals surface area (Å²) in [7, 11) is 0. The van der Waals surface area contributed by atoms with Gasteiger partial charge >= 0.3 is 12.1 Å². The van der Waals surface area contributed by atoms with E-state index in [-0.39, 0.29) is 30.6 Å². The van der Waals surface area contributed by atoms with Crippen LogP contribution in [0.15, 0.2) is 18.2 Å². The molecule has 0 unspecified atom stereocenters. The number of benzene rings is 1. The fraction of sp³-hybridized carbons (Fsp3) is 0.632. The summed E-state index contributed by atoms with van der Waals surface area (Å²) < 4.78 is 44.1. The molecule has 140 valence electrons. The monoisotopic (exact) mass is 420 g/mol. The summed E-state index contributed by atoms with van der Waals surface area (Å²) in [6.07, 6.45) is -3.00. The zero-order chi connectivity index (χ0) is 18.6. The lowest BCUT2D eigenvalue weighted by molar-refractivity contribution is -0.182. The SMILES string of the molecule is CC(C)COC(=O)c1c(CBr)cccc1C1CCC(C(F)(F)F)CC1. The lowest BCUT2D eigenvalue weighted by atomic mass is 9.76. The van der Waals surface area contributed by atoms with Crippen LogP contribution in [0.4, 0.5) is 13.2 Å². The summed E-state index contributed by atoms with van der Waals surface area (Å²) >= 11 is 3.39. The van der Waals surface area contributed by atoms with E-state index in [1.54, 1.807) is 0 Å². The lowest BCUT2D eigenvalue weighted by Crippen LogP contribution is -2.28. The molecule has 2 rings (SSSR count). The summed E-state index contributed by atoms with van der Waals surface area (Å²) in [4.78, 5) is 12.6. The van der Waals surface area contributed by atoms with Gasteiger partial charge in [-0.25, -0.2) is 4.79 Å². The third-order valence-corrected chi connectivity index (χ3v) is 5.31. The van der Waals surface area contributed by atoms with Crippen molar-refractivity contribution in [2.24, 2.45) is 11.8 Å². The minimum atomic E-state index is -4.12. The van der Waals surface area contributed by atoms with Crippen LogP contribution in [0.2, 0.25) is 0 Å². The van der Waals surface area contributed by atoms with Crippen molar-refractivity contribution in [1.29, 1.82) is 0 Å². The van der Waals surface area contributed by atoms with Crippen LogP contribution >= 0.6 is 15.9 Å². The Morgan fingerprint density at radius 2 is 1.88 bits per heavy atom. The van der Waals surface area contributed by atoms with Crippen molar-refractivity contribution < 1.29 is 22.7 Å². The summed E-state index contributed by atoms with van der Waals surface area (Å²) in [5, 5.41) is 0.505. The zero-order valence-corrected chi connectivity index (χ0v) is 16.1. The van der Waals surface area contributed by atoms with E-state index in [0.717, 1.165) is 11.1 Å². The van der Waals surface area contributed by atoms with Gasteiger partial charge in [0.1, 0.15) is 0 Å². The maximum Gasteiger partial charge on any atom is 0.391 e. The number of halogens is 4. The smallest absolute Gasteiger partial charge is 0.391 e. The Morgan fingerprint density at radius 1 is 1.24 bits per heavy atom. The average Bonchev–Trinajstić information content (AvgIpc) is 2.58. The zero-order valence-electron chi connectivity index (χ0n) is 14.5. The van der Waals surface area contributed by atoms with Gasteiger partial charge in [0, 0.05) is 5.33 Å². The van der Waals surface area contributed by atoms with E-state index in [4.69, 9.17) is 4.74 Å². The first-order valence-corrected chi connectivity index (χ1v) is 9.77. The molecule has 0 saturated heterocycles. The number of carbonyl (C=O) groups excluding carboxylic acids is 1. The highest BCUT2D eigenvalue weighted by atomic mass is 79.9. The summed E-state index contributed by atoms with van der Waals surface area (Å²) in [6, 6.07) is 5.57. The van der Waals surface area contributed by atoms with Crippen LogP contribution in [0.25, 0.3) is 0 Å². The van der Waals surface area contributed by atoms with Gasteiger partial charge in [-0.2, -0.15) is 13.2 Å². The standard InChI is InChI=1S/C19H24BrF3O2/c1-12(2)11-25-18(24)17-14(10-20)4-3-5-16(17)13-6-8-15(9-7-13)19(21,22)23/h3-5,12-13,15H,6-11H2,1-2H3. The van der Waals surface area contributed by atoms with E-state index in [1.807, 2.05) is 32.0 Å². The summed E-state index contributed by atoms with van der Waals surface area (Å²) in [5.74, 6) is -1.40. The first-order chi connectivity index (χ1) is 11.7. The molecule has 0 aliphatic heterocycles. The van der Waals surface area contributed by atoms with Gasteiger partial charge < -0.3 is 4.74 Å². The highest BCUT2D eigenvalue weighted by Gasteiger charge is 2.42. The highest BCUT2D eigenvalue weighted by Crippen LogP contribution is 2.44. The number of carbonyl (C=O) groups is 1. The van der Waals surface area contributed by atoms with Crippen LogP contribution in [-0.2, 0) is 10.1 Å². The minimum Gasteiger partial charge on any atom is -0.462 e. The molecule has 0 radical (unpaired) electrons. The topological polar surface area (TPSA) is 26.3 Å². The summed E-state index contributed by atoms with van der Waals surface area (Å²) in [5.41, 5.74) is 2.17. The third kappa shape index (κ3) is 5.22. The van der Waals surface area contributed by atoms with Crippen molar-refractivity contribution in [3.05, 3.63) is 34.9 Å². The number of hydrogen-bond donors (Lipinski definition) is 0. The quantitative estimate of drug-likeness (QED) is 0.416. The molecule has 0 heterocycles. The van der Waals surface area contributed by atoms with Gasteiger partial charge in [0.05, 0.1) is 18.1 Å². The predicted molar refractivity (Wildman–Crippen MR) is 94.9 cm³/mol. The van der Waals surface area contributed by atoms with Crippen molar-refractivity contribution in [2.75, 3.05) is 6.61 Å². The Hall–Kier alpha value is -1.04. The van der Waals surface area contributed by atoms with E-state index in [0.29, 0.717) is 30.3 Å². The third-order valence-electron chi connectivity index (χ3n) is 4.71. The molecule has 2 nitrogen and oxygen atoms in total. The molecular weight excluding hydrogens is 397 g/mol. The van der Waals surface area contributed by atoms with E-state index in [2.05, 4.69) is 15.9 Å². The molecule has 0 amide bonds. The number of rotatable bonds is 5. The van der Waals surface area contributed by atoms with Gasteiger partial charge in [-0.3, -0.25) is 0 Å². The maximum atomic E-state index is 12.9. The molecule has 0 bridgehead atoms. The Bertz CT molecular complexity index is 591. The molecule has 1 saturated carbocycles. The fourth-order valence-electron chi connectivity index (χ4n) is 3.37. The number of ether oxygens (including phenoxy) is 1. The van der Waals surface area contributed by atoms with Gasteiger partial charge in [0.25, 0.3) is 0 Å². The van der Waals surface area contributed by atoms with Crippen LogP contribution in [0.5, 0.6) is 0 Å². The van der Waals surface area contributed by atoms with Crippen LogP contribution < -0.4 is 0 Å². The largest absolute Gasteiger partial charge is 0.462 e. The van der Waals surface area contributed by atoms with Gasteiger partial charge in [-0.15, -0.1) is 0 Å². The molecule has 1 aliphatic rings. The first kappa shape index (κ1) is 20.3. The molecule has 1 aromatic rings. The Balaban J connectivity index is 2.22. The Labute approximate surface area is 155 Å². The molecular formula is C19H24BrF3O2. The fourth-order valence-corrected chi connectivity index (χ4v) is 3.83. The second kappa shape index (κ2) is 8.56. The highest BCUT2D eigenvalue weighted by molar-refractivity contribution is 9.08. The van der Waals surface area contributed by atoms with Crippen molar-refractivity contribution in [1.82, 2.24) is 0 Å². The second-order valence-electron chi connectivity index (χ2n) is 7.10. The predicted octanol–water partition coefficient (Wildman–Crippen LogP) is 6.23. The average molecular weight is 421 g/mol. The van der Waals surface area contributed by atoms with Gasteiger partial charge in [0.15, 0.2) is 0 Å². The van der Waals surface area contributed by atoms with Crippen LogP contribution in [0.3, 0.4) is 0 Å². The first-order valence-electron chi connectivity index (χ1n) is 8.65. The molecule has 0 N–H and O–H groups in total. The van der Waals surface area contributed by atoms with Gasteiger partial charge in [-0.1, -0.05) is 48.0 Å². The van der Waals surface area contributed by atoms with Gasteiger partial charge in [0.2, 0.25) is 0 Å². The minimum absolute atomic E-state index is 0.0285. The Kier molecular flexibility index (Phi) is 6.94.